The van der Waals surface area contributed by atoms with E-state index in [2.05, 4.69) is 5.32 Å². The van der Waals surface area contributed by atoms with E-state index in [0.717, 1.165) is 16.7 Å². The van der Waals surface area contributed by atoms with Gasteiger partial charge in [-0.15, -0.1) is 0 Å². The van der Waals surface area contributed by atoms with Gasteiger partial charge in [0.15, 0.2) is 0 Å². The fourth-order valence-electron chi connectivity index (χ4n) is 2.27. The molecule has 2 aromatic rings. The van der Waals surface area contributed by atoms with Crippen molar-refractivity contribution in [1.29, 1.82) is 0 Å². The van der Waals surface area contributed by atoms with E-state index < -0.39 is 23.4 Å². The third-order valence-corrected chi connectivity index (χ3v) is 4.89. The summed E-state index contributed by atoms with van der Waals surface area (Å²) in [5.41, 5.74) is 0.272. The van der Waals surface area contributed by atoms with Crippen molar-refractivity contribution in [2.45, 2.75) is 0 Å². The van der Waals surface area contributed by atoms with Crippen LogP contribution in [-0.4, -0.2) is 27.6 Å². The van der Waals surface area contributed by atoms with Gasteiger partial charge in [0, 0.05) is 5.56 Å². The van der Waals surface area contributed by atoms with Gasteiger partial charge in [-0.3, -0.25) is 14.5 Å². The maximum atomic E-state index is 13.7. The molecule has 0 saturated carbocycles. The van der Waals surface area contributed by atoms with Crippen LogP contribution in [0.2, 0.25) is 0 Å². The Balaban J connectivity index is 1.72. The maximum absolute atomic E-state index is 13.7. The van der Waals surface area contributed by atoms with Crippen molar-refractivity contribution in [2.75, 3.05) is 11.9 Å². The summed E-state index contributed by atoms with van der Waals surface area (Å²) in [5.74, 6) is -2.12. The molecule has 0 radical (unpaired) electrons. The lowest BCUT2D eigenvalue weighted by Crippen LogP contribution is -2.36. The summed E-state index contributed by atoms with van der Waals surface area (Å²) in [7, 11) is 0. The molecule has 1 N–H and O–H groups in total. The van der Waals surface area contributed by atoms with Gasteiger partial charge in [0.1, 0.15) is 22.5 Å². The molecule has 1 fully saturated rings. The molecular formula is C18H12F2N2O2S2. The number of carbonyl (C=O) groups excluding carboxylic acids is 2. The van der Waals surface area contributed by atoms with Crippen LogP contribution in [-0.2, 0) is 9.59 Å². The minimum Gasteiger partial charge on any atom is -0.322 e. The smallest absolute Gasteiger partial charge is 0.266 e. The van der Waals surface area contributed by atoms with Gasteiger partial charge < -0.3 is 5.32 Å². The average molecular weight is 390 g/mol. The Morgan fingerprint density at radius 1 is 1.12 bits per heavy atom. The first-order valence-electron chi connectivity index (χ1n) is 7.50. The van der Waals surface area contributed by atoms with E-state index in [1.165, 1.54) is 36.4 Å². The van der Waals surface area contributed by atoms with E-state index in [1.54, 1.807) is 18.2 Å². The minimum atomic E-state index is -0.585. The number of thioether (sulfide) groups is 1. The van der Waals surface area contributed by atoms with Crippen LogP contribution >= 0.6 is 24.0 Å². The van der Waals surface area contributed by atoms with Crippen LogP contribution in [0.15, 0.2) is 53.4 Å². The molecule has 1 heterocycles. The summed E-state index contributed by atoms with van der Waals surface area (Å²) in [4.78, 5) is 25.9. The van der Waals surface area contributed by atoms with Crippen molar-refractivity contribution in [1.82, 2.24) is 4.90 Å². The van der Waals surface area contributed by atoms with E-state index >= 15 is 0 Å². The standard InChI is InChI=1S/C18H12F2N2O2S2/c19-12-6-2-1-5-11(12)9-15-17(24)22(18(25)26-15)10-16(23)21-14-8-4-3-7-13(14)20/h1-9H,10H2,(H,21,23)/b15-9-. The highest BCUT2D eigenvalue weighted by Gasteiger charge is 2.33. The Labute approximate surface area is 157 Å². The lowest BCUT2D eigenvalue weighted by atomic mass is 10.2. The number of nitrogens with one attached hydrogen (secondary N) is 1. The molecule has 2 amide bonds. The van der Waals surface area contributed by atoms with Crippen molar-refractivity contribution in [2.24, 2.45) is 0 Å². The van der Waals surface area contributed by atoms with Gasteiger partial charge in [0.05, 0.1) is 10.6 Å². The van der Waals surface area contributed by atoms with Crippen molar-refractivity contribution in [3.63, 3.8) is 0 Å². The SMILES string of the molecule is O=C(CN1C(=O)/C(=C/c2ccccc2F)SC1=S)Nc1ccccc1F. The molecule has 132 valence electrons. The summed E-state index contributed by atoms with van der Waals surface area (Å²) in [6.07, 6.45) is 1.39. The second-order valence-electron chi connectivity index (χ2n) is 5.32. The van der Waals surface area contributed by atoms with Crippen LogP contribution in [0.4, 0.5) is 14.5 Å². The first-order chi connectivity index (χ1) is 12.5. The molecular weight excluding hydrogens is 378 g/mol. The molecule has 0 aromatic heterocycles. The third kappa shape index (κ3) is 3.97. The second-order valence-corrected chi connectivity index (χ2v) is 6.99. The van der Waals surface area contributed by atoms with Crippen molar-refractivity contribution >= 4 is 51.9 Å². The number of halogens is 2. The van der Waals surface area contributed by atoms with Crippen molar-refractivity contribution in [3.8, 4) is 0 Å². The fourth-order valence-corrected chi connectivity index (χ4v) is 3.51. The zero-order valence-corrected chi connectivity index (χ0v) is 14.9. The normalized spacial score (nSPS) is 15.6. The van der Waals surface area contributed by atoms with E-state index in [9.17, 15) is 18.4 Å². The molecule has 8 heteroatoms. The number of thiocarbonyl (C=S) groups is 1. The summed E-state index contributed by atoms with van der Waals surface area (Å²) in [6, 6.07) is 11.7. The summed E-state index contributed by atoms with van der Waals surface area (Å²) in [6.45, 7) is -0.354. The lowest BCUT2D eigenvalue weighted by Gasteiger charge is -2.14. The van der Waals surface area contributed by atoms with Gasteiger partial charge in [-0.1, -0.05) is 54.3 Å². The predicted molar refractivity (Wildman–Crippen MR) is 101 cm³/mol. The number of nitrogens with zero attached hydrogens (tertiary/aromatic N) is 1. The Morgan fingerprint density at radius 2 is 1.77 bits per heavy atom. The number of rotatable bonds is 4. The molecule has 1 aliphatic rings. The molecule has 2 aromatic carbocycles. The topological polar surface area (TPSA) is 49.4 Å². The zero-order chi connectivity index (χ0) is 18.7. The average Bonchev–Trinajstić information content (AvgIpc) is 2.86. The molecule has 1 aliphatic heterocycles. The van der Waals surface area contributed by atoms with Gasteiger partial charge >= 0.3 is 0 Å². The molecule has 0 unspecified atom stereocenters. The van der Waals surface area contributed by atoms with Crippen LogP contribution < -0.4 is 5.32 Å². The number of hydrogen-bond donors (Lipinski definition) is 1. The molecule has 1 saturated heterocycles. The summed E-state index contributed by atoms with van der Waals surface area (Å²) < 4.78 is 27.5. The predicted octanol–water partition coefficient (Wildman–Crippen LogP) is 3.80. The van der Waals surface area contributed by atoms with E-state index in [4.69, 9.17) is 12.2 Å². The van der Waals surface area contributed by atoms with Crippen LogP contribution in [0.3, 0.4) is 0 Å². The number of para-hydroxylation sites is 1. The van der Waals surface area contributed by atoms with Crippen LogP contribution in [0, 0.1) is 11.6 Å². The number of carbonyl (C=O) groups is 2. The fraction of sp³-hybridized carbons (Fsp3) is 0.0556. The molecule has 26 heavy (non-hydrogen) atoms. The van der Waals surface area contributed by atoms with Gasteiger partial charge in [0.2, 0.25) is 5.91 Å². The van der Waals surface area contributed by atoms with Gasteiger partial charge in [-0.05, 0) is 24.3 Å². The molecule has 3 rings (SSSR count). The highest BCUT2D eigenvalue weighted by Crippen LogP contribution is 2.32. The molecule has 0 atom stereocenters. The van der Waals surface area contributed by atoms with E-state index in [0.29, 0.717) is 0 Å². The Bertz CT molecular complexity index is 931. The Hall–Kier alpha value is -2.58. The van der Waals surface area contributed by atoms with Gasteiger partial charge in [-0.2, -0.15) is 0 Å². The summed E-state index contributed by atoms with van der Waals surface area (Å²) in [5, 5.41) is 2.40. The number of amides is 2. The number of anilines is 1. The first kappa shape index (κ1) is 18.2. The Morgan fingerprint density at radius 3 is 2.46 bits per heavy atom. The van der Waals surface area contributed by atoms with Crippen molar-refractivity contribution in [3.05, 3.63) is 70.6 Å². The van der Waals surface area contributed by atoms with Crippen LogP contribution in [0.25, 0.3) is 6.08 Å². The van der Waals surface area contributed by atoms with Gasteiger partial charge in [0.25, 0.3) is 5.91 Å². The first-order valence-corrected chi connectivity index (χ1v) is 8.72. The van der Waals surface area contributed by atoms with E-state index in [-0.39, 0.29) is 27.0 Å². The number of hydrogen-bond acceptors (Lipinski definition) is 4. The highest BCUT2D eigenvalue weighted by atomic mass is 32.2. The number of benzene rings is 2. The quantitative estimate of drug-likeness (QED) is 0.637. The third-order valence-electron chi connectivity index (χ3n) is 3.52. The molecule has 0 aliphatic carbocycles. The highest BCUT2D eigenvalue weighted by molar-refractivity contribution is 8.26. The largest absolute Gasteiger partial charge is 0.322 e. The van der Waals surface area contributed by atoms with Crippen LogP contribution in [0.1, 0.15) is 5.56 Å². The van der Waals surface area contributed by atoms with Crippen molar-refractivity contribution < 1.29 is 18.4 Å². The maximum Gasteiger partial charge on any atom is 0.266 e. The van der Waals surface area contributed by atoms with Crippen LogP contribution in [0.5, 0.6) is 0 Å². The molecule has 0 spiro atoms. The lowest BCUT2D eigenvalue weighted by molar-refractivity contribution is -0.126. The summed E-state index contributed by atoms with van der Waals surface area (Å²) >= 11 is 6.12. The second kappa shape index (κ2) is 7.76. The van der Waals surface area contributed by atoms with E-state index in [1.807, 2.05) is 0 Å². The monoisotopic (exact) mass is 390 g/mol. The molecule has 4 nitrogen and oxygen atoms in total. The molecule has 0 bridgehead atoms. The van der Waals surface area contributed by atoms with Gasteiger partial charge in [-0.25, -0.2) is 8.78 Å². The zero-order valence-electron chi connectivity index (χ0n) is 13.2. The Kier molecular flexibility index (Phi) is 5.43. The minimum absolute atomic E-state index is 0.0184.